The molecule has 0 amide bonds. The van der Waals surface area contributed by atoms with Crippen LogP contribution in [0.3, 0.4) is 0 Å². The van der Waals surface area contributed by atoms with Gasteiger partial charge in [-0.15, -0.1) is 24.0 Å². The van der Waals surface area contributed by atoms with Gasteiger partial charge in [-0.2, -0.15) is 0 Å². The Morgan fingerprint density at radius 2 is 1.95 bits per heavy atom. The van der Waals surface area contributed by atoms with Gasteiger partial charge in [-0.05, 0) is 24.8 Å². The summed E-state index contributed by atoms with van der Waals surface area (Å²) in [4.78, 5) is 14.2. The monoisotopic (exact) mass is 392 g/mol. The molecule has 0 aliphatic carbocycles. The summed E-state index contributed by atoms with van der Waals surface area (Å²) in [5, 5.41) is 16.6. The number of benzene rings is 1. The zero-order valence-electron chi connectivity index (χ0n) is 11.8. The van der Waals surface area contributed by atoms with E-state index in [0.717, 1.165) is 37.3 Å². The highest BCUT2D eigenvalue weighted by atomic mass is 127. The molecule has 1 aromatic carbocycles. The van der Waals surface area contributed by atoms with Gasteiger partial charge in [0.1, 0.15) is 0 Å². The second-order valence-corrected chi connectivity index (χ2v) is 4.13. The van der Waals surface area contributed by atoms with E-state index in [0.29, 0.717) is 0 Å². The van der Waals surface area contributed by atoms with Crippen LogP contribution in [0.25, 0.3) is 0 Å². The third-order valence-corrected chi connectivity index (χ3v) is 2.79. The van der Waals surface area contributed by atoms with Crippen LogP contribution in [0.15, 0.2) is 29.3 Å². The van der Waals surface area contributed by atoms with Crippen molar-refractivity contribution in [1.29, 1.82) is 0 Å². The number of non-ortho nitro benzene ring substituents is 1. The molecule has 1 aromatic rings. The maximum Gasteiger partial charge on any atom is 0.269 e. The van der Waals surface area contributed by atoms with Crippen molar-refractivity contribution in [1.82, 2.24) is 10.6 Å². The average molecular weight is 392 g/mol. The van der Waals surface area contributed by atoms with Gasteiger partial charge < -0.3 is 10.6 Å². The highest BCUT2D eigenvalue weighted by Crippen LogP contribution is 2.13. The van der Waals surface area contributed by atoms with Crippen molar-refractivity contribution in [3.63, 3.8) is 0 Å². The van der Waals surface area contributed by atoms with Crippen molar-refractivity contribution < 1.29 is 4.92 Å². The molecule has 0 saturated carbocycles. The Hall–Kier alpha value is -1.38. The van der Waals surface area contributed by atoms with Gasteiger partial charge >= 0.3 is 0 Å². The van der Waals surface area contributed by atoms with Gasteiger partial charge in [-0.3, -0.25) is 15.1 Å². The minimum atomic E-state index is -0.378. The summed E-state index contributed by atoms with van der Waals surface area (Å²) < 4.78 is 0. The Kier molecular flexibility index (Phi) is 9.69. The first-order chi connectivity index (χ1) is 9.17. The van der Waals surface area contributed by atoms with Crippen molar-refractivity contribution in [2.24, 2.45) is 4.99 Å². The summed E-state index contributed by atoms with van der Waals surface area (Å²) in [5.41, 5.74) is 1.27. The van der Waals surface area contributed by atoms with Crippen molar-refractivity contribution in [3.8, 4) is 0 Å². The fourth-order valence-electron chi connectivity index (χ4n) is 1.72. The lowest BCUT2D eigenvalue weighted by Crippen LogP contribution is -2.35. The quantitative estimate of drug-likeness (QED) is 0.195. The molecule has 0 spiro atoms. The van der Waals surface area contributed by atoms with E-state index in [-0.39, 0.29) is 34.6 Å². The largest absolute Gasteiger partial charge is 0.359 e. The lowest BCUT2D eigenvalue weighted by atomic mass is 10.1. The minimum absolute atomic E-state index is 0. The first kappa shape index (κ1) is 18.6. The van der Waals surface area contributed by atoms with Crippen molar-refractivity contribution in [2.45, 2.75) is 19.3 Å². The Balaban J connectivity index is 0.00000361. The molecule has 0 aromatic heterocycles. The fraction of sp³-hybridized carbons (Fsp3) is 0.462. The van der Waals surface area contributed by atoms with E-state index in [9.17, 15) is 10.1 Å². The summed E-state index contributed by atoms with van der Waals surface area (Å²) in [6, 6.07) is 6.74. The van der Waals surface area contributed by atoms with Crippen molar-refractivity contribution >= 4 is 35.6 Å². The molecular formula is C13H21IN4O2. The molecule has 0 heterocycles. The molecule has 0 unspecified atom stereocenters. The molecule has 0 bridgehead atoms. The van der Waals surface area contributed by atoms with Crippen LogP contribution in [-0.4, -0.2) is 31.5 Å². The average Bonchev–Trinajstić information content (AvgIpc) is 2.43. The molecule has 112 valence electrons. The Bertz CT molecular complexity index is 435. The van der Waals surface area contributed by atoms with Crippen LogP contribution >= 0.6 is 24.0 Å². The molecule has 7 heteroatoms. The topological polar surface area (TPSA) is 79.6 Å². The summed E-state index contributed by atoms with van der Waals surface area (Å²) in [5.74, 6) is 0.787. The third-order valence-electron chi connectivity index (χ3n) is 2.79. The van der Waals surface area contributed by atoms with Crippen LogP contribution in [0.5, 0.6) is 0 Å². The minimum Gasteiger partial charge on any atom is -0.359 e. The lowest BCUT2D eigenvalue weighted by Gasteiger charge is -2.08. The first-order valence-electron chi connectivity index (χ1n) is 6.29. The van der Waals surface area contributed by atoms with E-state index >= 15 is 0 Å². The molecule has 2 N–H and O–H groups in total. The predicted molar refractivity (Wildman–Crippen MR) is 91.9 cm³/mol. The maximum atomic E-state index is 10.5. The summed E-state index contributed by atoms with van der Waals surface area (Å²) in [6.45, 7) is 0.862. The molecule has 0 aliphatic heterocycles. The molecule has 6 nitrogen and oxygen atoms in total. The zero-order valence-corrected chi connectivity index (χ0v) is 14.1. The van der Waals surface area contributed by atoms with Crippen LogP contribution in [-0.2, 0) is 6.42 Å². The van der Waals surface area contributed by atoms with Gasteiger partial charge in [0.15, 0.2) is 5.96 Å². The van der Waals surface area contributed by atoms with E-state index < -0.39 is 0 Å². The van der Waals surface area contributed by atoms with Crippen LogP contribution in [0.4, 0.5) is 5.69 Å². The highest BCUT2D eigenvalue weighted by molar-refractivity contribution is 14.0. The number of aliphatic imine (C=N–C) groups is 1. The molecule has 1 rings (SSSR count). The zero-order chi connectivity index (χ0) is 14.1. The third kappa shape index (κ3) is 6.69. The van der Waals surface area contributed by atoms with Crippen molar-refractivity contribution in [3.05, 3.63) is 39.9 Å². The van der Waals surface area contributed by atoms with Crippen LogP contribution in [0.2, 0.25) is 0 Å². The smallest absolute Gasteiger partial charge is 0.269 e. The van der Waals surface area contributed by atoms with Gasteiger partial charge in [0, 0.05) is 32.8 Å². The number of nitro benzene ring substituents is 1. The number of hydrogen-bond donors (Lipinski definition) is 2. The van der Waals surface area contributed by atoms with Gasteiger partial charge in [0.05, 0.1) is 4.92 Å². The molecule has 0 radical (unpaired) electrons. The number of guanidine groups is 1. The molecule has 0 saturated heterocycles. The second-order valence-electron chi connectivity index (χ2n) is 4.13. The normalized spacial score (nSPS) is 10.6. The molecular weight excluding hydrogens is 371 g/mol. The number of halogens is 1. The van der Waals surface area contributed by atoms with E-state index in [1.165, 1.54) is 0 Å². The number of nitrogens with zero attached hydrogens (tertiary/aromatic N) is 2. The fourth-order valence-corrected chi connectivity index (χ4v) is 1.72. The summed E-state index contributed by atoms with van der Waals surface area (Å²) in [7, 11) is 3.56. The predicted octanol–water partition coefficient (Wildman–Crippen LogP) is 2.33. The lowest BCUT2D eigenvalue weighted by molar-refractivity contribution is -0.384. The first-order valence-corrected chi connectivity index (χ1v) is 6.29. The highest BCUT2D eigenvalue weighted by Gasteiger charge is 2.03. The number of unbranched alkanes of at least 4 members (excludes halogenated alkanes) is 1. The van der Waals surface area contributed by atoms with Gasteiger partial charge in [-0.25, -0.2) is 0 Å². The molecule has 0 atom stereocenters. The number of rotatable bonds is 6. The number of aryl methyl sites for hydroxylation is 1. The maximum absolute atomic E-state index is 10.5. The Labute approximate surface area is 136 Å². The Morgan fingerprint density at radius 1 is 1.30 bits per heavy atom. The van der Waals surface area contributed by atoms with Gasteiger partial charge in [0.2, 0.25) is 0 Å². The van der Waals surface area contributed by atoms with Crippen LogP contribution in [0.1, 0.15) is 18.4 Å². The SMILES string of the molecule is CN=C(NC)NCCCCc1ccc([N+](=O)[O-])cc1.I. The summed E-state index contributed by atoms with van der Waals surface area (Å²) in [6.07, 6.45) is 2.99. The van der Waals surface area contributed by atoms with Crippen LogP contribution in [0, 0.1) is 10.1 Å². The molecule has 20 heavy (non-hydrogen) atoms. The van der Waals surface area contributed by atoms with Gasteiger partial charge in [-0.1, -0.05) is 12.1 Å². The molecule has 0 aliphatic rings. The Morgan fingerprint density at radius 3 is 2.45 bits per heavy atom. The van der Waals surface area contributed by atoms with E-state index in [1.807, 2.05) is 19.2 Å². The van der Waals surface area contributed by atoms with E-state index in [2.05, 4.69) is 15.6 Å². The summed E-state index contributed by atoms with van der Waals surface area (Å²) >= 11 is 0. The van der Waals surface area contributed by atoms with Crippen LogP contribution < -0.4 is 10.6 Å². The van der Waals surface area contributed by atoms with Crippen molar-refractivity contribution in [2.75, 3.05) is 20.6 Å². The number of nitrogens with one attached hydrogen (secondary N) is 2. The number of hydrogen-bond acceptors (Lipinski definition) is 3. The number of nitro groups is 1. The van der Waals surface area contributed by atoms with Gasteiger partial charge in [0.25, 0.3) is 5.69 Å². The molecule has 0 fully saturated rings. The van der Waals surface area contributed by atoms with E-state index in [1.54, 1.807) is 19.2 Å². The second kappa shape index (κ2) is 10.4. The van der Waals surface area contributed by atoms with E-state index in [4.69, 9.17) is 0 Å². The standard InChI is InChI=1S/C13H20N4O2.HI/c1-14-13(15-2)16-10-4-3-5-11-6-8-12(9-7-11)17(18)19;/h6-9H,3-5,10H2,1-2H3,(H2,14,15,16);1H.